The van der Waals surface area contributed by atoms with Crippen molar-refractivity contribution in [1.29, 1.82) is 0 Å². The number of hydrogen-bond donors (Lipinski definition) is 3. The number of hydrogen-bond acceptors (Lipinski definition) is 9. The molecule has 16 heteroatoms. The second-order valence-corrected chi connectivity index (χ2v) is 13.8. The fourth-order valence-corrected chi connectivity index (χ4v) is 7.39. The second kappa shape index (κ2) is 13.7. The Balaban J connectivity index is 1.31. The van der Waals surface area contributed by atoms with Crippen molar-refractivity contribution in [3.63, 3.8) is 0 Å². The van der Waals surface area contributed by atoms with E-state index >= 15 is 0 Å². The Morgan fingerprint density at radius 1 is 0.959 bits per heavy atom. The Labute approximate surface area is 279 Å². The van der Waals surface area contributed by atoms with E-state index in [0.717, 1.165) is 10.1 Å². The smallest absolute Gasteiger partial charge is 0.328 e. The highest BCUT2D eigenvalue weighted by molar-refractivity contribution is 7.89. The molecule has 2 amide bonds. The van der Waals surface area contributed by atoms with Gasteiger partial charge in [0.1, 0.15) is 17.7 Å². The fraction of sp³-hybridized carbons (Fsp3) is 0.333. The minimum Gasteiger partial charge on any atom is -0.493 e. The third-order valence-corrected chi connectivity index (χ3v) is 10.4. The number of methoxy groups -OCH3 is 1. The van der Waals surface area contributed by atoms with Crippen molar-refractivity contribution in [2.24, 2.45) is 7.05 Å². The summed E-state index contributed by atoms with van der Waals surface area (Å²) in [6, 6.07) is 12.1. The standard InChI is InChI=1S/C33H34FN5O9S/c1-38-32(42)24-15-23(5-6-25(24)37-33(38)43)49(44,45)39-10-9-27-26(17-39)36-31(41)18-47-29-13-19(3-7-28(29)46-2)4-8-30(40)35-16-20-11-21(34)14-22(12-20)48-27/h3,5-7,11-15,26-27H,4,8-10,16-18H2,1-2H3,(H,35,40)(H,36,41)(H,37,43)/t26-,27-/m1/s1. The lowest BCUT2D eigenvalue weighted by Gasteiger charge is -2.38. The maximum absolute atomic E-state index is 14.7. The lowest BCUT2D eigenvalue weighted by atomic mass is 10.0. The second-order valence-electron chi connectivity index (χ2n) is 11.8. The SMILES string of the molecule is COc1ccc2cc1OCC(=O)N[C@@H]1CN(S(=O)(=O)c3ccc4[nH]c(=O)n(C)c(=O)c4c3)CC[C@H]1Oc1cc(F)cc(c1)CNC(=O)CC2. The molecule has 3 heterocycles. The summed E-state index contributed by atoms with van der Waals surface area (Å²) in [6.45, 7) is -0.659. The van der Waals surface area contributed by atoms with Crippen LogP contribution >= 0.6 is 0 Å². The van der Waals surface area contributed by atoms with Crippen LogP contribution in [0, 0.1) is 5.82 Å². The van der Waals surface area contributed by atoms with E-state index in [9.17, 15) is 32.0 Å². The fourth-order valence-electron chi connectivity index (χ4n) is 5.88. The lowest BCUT2D eigenvalue weighted by Crippen LogP contribution is -2.58. The number of carbonyl (C=O) groups is 2. The van der Waals surface area contributed by atoms with Crippen LogP contribution in [-0.2, 0) is 39.6 Å². The molecule has 0 spiro atoms. The number of halogens is 1. The Morgan fingerprint density at radius 2 is 1.78 bits per heavy atom. The van der Waals surface area contributed by atoms with Crippen LogP contribution in [0.3, 0.4) is 0 Å². The third kappa shape index (κ3) is 7.29. The third-order valence-electron chi connectivity index (χ3n) is 8.50. The number of benzene rings is 3. The van der Waals surface area contributed by atoms with Gasteiger partial charge in [-0.3, -0.25) is 19.0 Å². The van der Waals surface area contributed by atoms with Gasteiger partial charge in [0, 0.05) is 45.6 Å². The molecule has 2 atom stereocenters. The molecule has 6 rings (SSSR count). The van der Waals surface area contributed by atoms with E-state index in [-0.39, 0.29) is 65.7 Å². The molecule has 0 aliphatic carbocycles. The van der Waals surface area contributed by atoms with Crippen LogP contribution in [0.5, 0.6) is 17.2 Å². The summed E-state index contributed by atoms with van der Waals surface area (Å²) in [5.41, 5.74) is 0.109. The van der Waals surface area contributed by atoms with Crippen LogP contribution in [0.25, 0.3) is 10.9 Å². The van der Waals surface area contributed by atoms with Crippen molar-refractivity contribution in [2.45, 2.75) is 42.8 Å². The van der Waals surface area contributed by atoms with Crippen LogP contribution in [0.15, 0.2) is 69.1 Å². The Bertz CT molecular complexity index is 2170. The van der Waals surface area contributed by atoms with Gasteiger partial charge in [0.25, 0.3) is 11.5 Å². The number of rotatable bonds is 3. The van der Waals surface area contributed by atoms with E-state index in [0.29, 0.717) is 17.7 Å². The number of nitrogens with one attached hydrogen (secondary N) is 3. The molecule has 4 bridgehead atoms. The summed E-state index contributed by atoms with van der Waals surface area (Å²) >= 11 is 0. The Hall–Kier alpha value is -5.22. The number of sulfonamides is 1. The van der Waals surface area contributed by atoms with E-state index in [1.54, 1.807) is 24.3 Å². The van der Waals surface area contributed by atoms with E-state index in [1.807, 2.05) is 0 Å². The number of amides is 2. The summed E-state index contributed by atoms with van der Waals surface area (Å²) < 4.78 is 61.8. The van der Waals surface area contributed by atoms with Gasteiger partial charge in [0.15, 0.2) is 18.1 Å². The molecule has 2 aliphatic rings. The highest BCUT2D eigenvalue weighted by atomic mass is 32.2. The number of aromatic amines is 1. The average molecular weight is 696 g/mol. The van der Waals surface area contributed by atoms with Gasteiger partial charge in [-0.1, -0.05) is 6.07 Å². The average Bonchev–Trinajstić information content (AvgIpc) is 3.08. The normalized spacial score (nSPS) is 19.3. The van der Waals surface area contributed by atoms with E-state index in [2.05, 4.69) is 15.6 Å². The first-order valence-corrected chi connectivity index (χ1v) is 16.9. The Morgan fingerprint density at radius 3 is 2.57 bits per heavy atom. The molecule has 14 nitrogen and oxygen atoms in total. The molecule has 0 saturated carbocycles. The van der Waals surface area contributed by atoms with Crippen LogP contribution in [0.1, 0.15) is 24.0 Å². The molecular formula is C33H34FN5O9S. The maximum atomic E-state index is 14.7. The number of aromatic nitrogens is 2. The summed E-state index contributed by atoms with van der Waals surface area (Å²) in [5, 5.41) is 5.63. The summed E-state index contributed by atoms with van der Waals surface area (Å²) in [5.74, 6) is -0.628. The number of carbonyl (C=O) groups excluding carboxylic acids is 2. The molecule has 1 fully saturated rings. The number of H-pyrrole nitrogens is 1. The van der Waals surface area contributed by atoms with Crippen molar-refractivity contribution >= 4 is 32.7 Å². The van der Waals surface area contributed by atoms with Gasteiger partial charge in [-0.15, -0.1) is 0 Å². The highest BCUT2D eigenvalue weighted by Gasteiger charge is 2.38. The van der Waals surface area contributed by atoms with Gasteiger partial charge in [-0.2, -0.15) is 4.31 Å². The van der Waals surface area contributed by atoms with Gasteiger partial charge >= 0.3 is 5.69 Å². The van der Waals surface area contributed by atoms with E-state index in [4.69, 9.17) is 14.2 Å². The van der Waals surface area contributed by atoms with Crippen molar-refractivity contribution in [1.82, 2.24) is 24.5 Å². The first-order chi connectivity index (χ1) is 23.4. The molecule has 4 aromatic rings. The molecular weight excluding hydrogens is 661 g/mol. The first-order valence-electron chi connectivity index (χ1n) is 15.5. The molecule has 3 aromatic carbocycles. The molecule has 1 aromatic heterocycles. The predicted molar refractivity (Wildman–Crippen MR) is 175 cm³/mol. The summed E-state index contributed by atoms with van der Waals surface area (Å²) in [4.78, 5) is 53.0. The van der Waals surface area contributed by atoms with E-state index < -0.39 is 51.7 Å². The quantitative estimate of drug-likeness (QED) is 0.285. The number of nitrogens with zero attached hydrogens (tertiary/aromatic N) is 2. The molecule has 258 valence electrons. The minimum atomic E-state index is -4.21. The zero-order valence-corrected chi connectivity index (χ0v) is 27.5. The molecule has 3 N–H and O–H groups in total. The lowest BCUT2D eigenvalue weighted by molar-refractivity contribution is -0.125. The van der Waals surface area contributed by atoms with Crippen molar-refractivity contribution in [3.05, 3.63) is 92.4 Å². The molecule has 0 radical (unpaired) electrons. The molecule has 0 unspecified atom stereocenters. The molecule has 49 heavy (non-hydrogen) atoms. The molecule has 2 aliphatic heterocycles. The van der Waals surface area contributed by atoms with Gasteiger partial charge in [-0.05, 0) is 60.0 Å². The predicted octanol–water partition coefficient (Wildman–Crippen LogP) is 1.34. The van der Waals surface area contributed by atoms with Crippen LogP contribution in [0.4, 0.5) is 4.39 Å². The van der Waals surface area contributed by atoms with Crippen LogP contribution < -0.4 is 36.1 Å². The highest BCUT2D eigenvalue weighted by Crippen LogP contribution is 2.30. The summed E-state index contributed by atoms with van der Waals surface area (Å²) in [6.07, 6.45) is -0.158. The zero-order chi connectivity index (χ0) is 34.9. The number of piperidine rings is 1. The van der Waals surface area contributed by atoms with Crippen molar-refractivity contribution in [3.8, 4) is 17.2 Å². The maximum Gasteiger partial charge on any atom is 0.328 e. The number of ether oxygens (including phenoxy) is 3. The van der Waals surface area contributed by atoms with Crippen molar-refractivity contribution in [2.75, 3.05) is 26.8 Å². The monoisotopic (exact) mass is 695 g/mol. The first kappa shape index (κ1) is 33.7. The van der Waals surface area contributed by atoms with Gasteiger partial charge < -0.3 is 29.8 Å². The van der Waals surface area contributed by atoms with Gasteiger partial charge in [-0.25, -0.2) is 17.6 Å². The van der Waals surface area contributed by atoms with E-state index in [1.165, 1.54) is 48.8 Å². The largest absolute Gasteiger partial charge is 0.493 e. The summed E-state index contributed by atoms with van der Waals surface area (Å²) in [7, 11) is -1.48. The topological polar surface area (TPSA) is 178 Å². The number of fused-ring (bicyclic) bond motifs is 6. The van der Waals surface area contributed by atoms with Crippen LogP contribution in [0.2, 0.25) is 0 Å². The van der Waals surface area contributed by atoms with Crippen molar-refractivity contribution < 1.29 is 36.6 Å². The minimum absolute atomic E-state index is 0.0145. The van der Waals surface area contributed by atoms with Crippen LogP contribution in [-0.4, -0.2) is 73.0 Å². The zero-order valence-electron chi connectivity index (χ0n) is 26.7. The molecule has 1 saturated heterocycles. The Kier molecular flexibility index (Phi) is 9.43. The van der Waals surface area contributed by atoms with Gasteiger partial charge in [0.05, 0.1) is 29.0 Å². The van der Waals surface area contributed by atoms with Gasteiger partial charge in [0.2, 0.25) is 15.9 Å². The number of aryl methyl sites for hydroxylation is 1.